The Hall–Kier alpha value is -2.51. The summed E-state index contributed by atoms with van der Waals surface area (Å²) in [6, 6.07) is 15.1. The molecule has 1 unspecified atom stereocenters. The summed E-state index contributed by atoms with van der Waals surface area (Å²) in [5.74, 6) is 0.569. The van der Waals surface area contributed by atoms with Crippen LogP contribution >= 0.6 is 11.8 Å². The van der Waals surface area contributed by atoms with Crippen molar-refractivity contribution in [1.29, 1.82) is 0 Å². The maximum absolute atomic E-state index is 12.6. The molecule has 0 bridgehead atoms. The maximum Gasteiger partial charge on any atom is 0.265 e. The highest BCUT2D eigenvalue weighted by atomic mass is 32.2. The van der Waals surface area contributed by atoms with Crippen LogP contribution in [-0.4, -0.2) is 35.1 Å². The van der Waals surface area contributed by atoms with Crippen molar-refractivity contribution < 1.29 is 19.5 Å². The number of carbonyl (C=O) groups is 2. The SMILES string of the molecule is CSCCC(NC(=O)c1ccccc1Oc1ccccc1)C(=O)NO. The van der Waals surface area contributed by atoms with Crippen molar-refractivity contribution in [2.24, 2.45) is 0 Å². The molecule has 3 N–H and O–H groups in total. The van der Waals surface area contributed by atoms with Crippen LogP contribution in [0.4, 0.5) is 0 Å². The lowest BCUT2D eigenvalue weighted by molar-refractivity contribution is -0.131. The van der Waals surface area contributed by atoms with E-state index in [2.05, 4.69) is 5.32 Å². The molecule has 0 fully saturated rings. The Morgan fingerprint density at radius 3 is 2.48 bits per heavy atom. The first-order valence-corrected chi connectivity index (χ1v) is 9.10. The van der Waals surface area contributed by atoms with Crippen molar-refractivity contribution in [2.75, 3.05) is 12.0 Å². The number of carbonyl (C=O) groups excluding carboxylic acids is 2. The van der Waals surface area contributed by atoms with Crippen LogP contribution in [0.1, 0.15) is 16.8 Å². The number of hydroxylamine groups is 1. The highest BCUT2D eigenvalue weighted by Gasteiger charge is 2.22. The zero-order valence-corrected chi connectivity index (χ0v) is 14.6. The first kappa shape index (κ1) is 18.8. The largest absolute Gasteiger partial charge is 0.457 e. The first-order valence-electron chi connectivity index (χ1n) is 7.71. The number of hydrogen-bond donors (Lipinski definition) is 3. The number of amides is 2. The van der Waals surface area contributed by atoms with Gasteiger partial charge in [-0.05, 0) is 42.7 Å². The molecule has 0 saturated heterocycles. The van der Waals surface area contributed by atoms with Gasteiger partial charge in [-0.15, -0.1) is 0 Å². The first-order chi connectivity index (χ1) is 12.2. The summed E-state index contributed by atoms with van der Waals surface area (Å²) in [6.07, 6.45) is 2.31. The van der Waals surface area contributed by atoms with Gasteiger partial charge in [0.25, 0.3) is 11.8 Å². The Balaban J connectivity index is 2.16. The van der Waals surface area contributed by atoms with Crippen molar-refractivity contribution >= 4 is 23.6 Å². The lowest BCUT2D eigenvalue weighted by atomic mass is 10.1. The average Bonchev–Trinajstić information content (AvgIpc) is 2.65. The minimum absolute atomic E-state index is 0.311. The smallest absolute Gasteiger partial charge is 0.265 e. The summed E-state index contributed by atoms with van der Waals surface area (Å²) in [5.41, 5.74) is 1.90. The van der Waals surface area contributed by atoms with Crippen LogP contribution in [0.2, 0.25) is 0 Å². The second-order valence-electron chi connectivity index (χ2n) is 5.19. The molecule has 0 aliphatic rings. The Morgan fingerprint density at radius 1 is 1.12 bits per heavy atom. The lowest BCUT2D eigenvalue weighted by Gasteiger charge is -2.17. The van der Waals surface area contributed by atoms with Crippen LogP contribution in [0, 0.1) is 0 Å². The van der Waals surface area contributed by atoms with E-state index in [4.69, 9.17) is 9.94 Å². The van der Waals surface area contributed by atoms with E-state index >= 15 is 0 Å². The quantitative estimate of drug-likeness (QED) is 0.498. The molecule has 132 valence electrons. The number of para-hydroxylation sites is 2. The molecule has 7 heteroatoms. The number of ether oxygens (including phenoxy) is 1. The number of hydrogen-bond acceptors (Lipinski definition) is 5. The maximum atomic E-state index is 12.6. The summed E-state index contributed by atoms with van der Waals surface area (Å²) >= 11 is 1.55. The Labute approximate surface area is 150 Å². The van der Waals surface area contributed by atoms with E-state index in [0.717, 1.165) is 0 Å². The second kappa shape index (κ2) is 9.71. The van der Waals surface area contributed by atoms with Crippen molar-refractivity contribution in [1.82, 2.24) is 10.8 Å². The number of benzene rings is 2. The van der Waals surface area contributed by atoms with Crippen molar-refractivity contribution in [3.05, 3.63) is 60.2 Å². The molecule has 2 amide bonds. The molecular formula is C18H20N2O4S. The molecule has 0 aliphatic carbocycles. The summed E-state index contributed by atoms with van der Waals surface area (Å²) in [6.45, 7) is 0. The fraction of sp³-hybridized carbons (Fsp3) is 0.222. The topological polar surface area (TPSA) is 87.7 Å². The monoisotopic (exact) mass is 360 g/mol. The van der Waals surface area contributed by atoms with Gasteiger partial charge in [-0.2, -0.15) is 11.8 Å². The molecule has 2 aromatic carbocycles. The van der Waals surface area contributed by atoms with Crippen molar-refractivity contribution in [2.45, 2.75) is 12.5 Å². The minimum Gasteiger partial charge on any atom is -0.457 e. The molecule has 6 nitrogen and oxygen atoms in total. The molecule has 0 heterocycles. The van der Waals surface area contributed by atoms with Crippen LogP contribution in [0.3, 0.4) is 0 Å². The molecule has 0 saturated carbocycles. The predicted octanol–water partition coefficient (Wildman–Crippen LogP) is 2.84. The molecular weight excluding hydrogens is 340 g/mol. The van der Waals surface area contributed by atoms with Crippen LogP contribution in [0.25, 0.3) is 0 Å². The molecule has 0 aliphatic heterocycles. The van der Waals surface area contributed by atoms with Crippen LogP contribution in [0.15, 0.2) is 54.6 Å². The van der Waals surface area contributed by atoms with Gasteiger partial charge < -0.3 is 10.1 Å². The molecule has 0 aromatic heterocycles. The van der Waals surface area contributed by atoms with E-state index in [-0.39, 0.29) is 0 Å². The third-order valence-electron chi connectivity index (χ3n) is 3.45. The zero-order chi connectivity index (χ0) is 18.1. The fourth-order valence-electron chi connectivity index (χ4n) is 2.18. The lowest BCUT2D eigenvalue weighted by Crippen LogP contribution is -2.46. The van der Waals surface area contributed by atoms with E-state index in [1.165, 1.54) is 0 Å². The van der Waals surface area contributed by atoms with Gasteiger partial charge in [0.1, 0.15) is 17.5 Å². The second-order valence-corrected chi connectivity index (χ2v) is 6.18. The van der Waals surface area contributed by atoms with Gasteiger partial charge in [-0.25, -0.2) is 5.48 Å². The Morgan fingerprint density at radius 2 is 1.80 bits per heavy atom. The third-order valence-corrected chi connectivity index (χ3v) is 4.09. The van der Waals surface area contributed by atoms with Crippen LogP contribution in [-0.2, 0) is 4.79 Å². The molecule has 0 radical (unpaired) electrons. The Bertz CT molecular complexity index is 709. The van der Waals surface area contributed by atoms with Gasteiger partial charge in [-0.3, -0.25) is 14.8 Å². The molecule has 2 aromatic rings. The van der Waals surface area contributed by atoms with Crippen LogP contribution in [0.5, 0.6) is 11.5 Å². The average molecular weight is 360 g/mol. The van der Waals surface area contributed by atoms with E-state index in [1.54, 1.807) is 53.6 Å². The molecule has 0 spiro atoms. The van der Waals surface area contributed by atoms with E-state index in [1.807, 2.05) is 24.5 Å². The highest BCUT2D eigenvalue weighted by Crippen LogP contribution is 2.25. The summed E-state index contributed by atoms with van der Waals surface area (Å²) in [7, 11) is 0. The number of thioether (sulfide) groups is 1. The normalized spacial score (nSPS) is 11.4. The number of rotatable bonds is 8. The van der Waals surface area contributed by atoms with Crippen LogP contribution < -0.4 is 15.5 Å². The highest BCUT2D eigenvalue weighted by molar-refractivity contribution is 7.98. The van der Waals surface area contributed by atoms with Gasteiger partial charge in [0.2, 0.25) is 0 Å². The predicted molar refractivity (Wildman–Crippen MR) is 97.1 cm³/mol. The van der Waals surface area contributed by atoms with E-state index < -0.39 is 17.9 Å². The van der Waals surface area contributed by atoms with E-state index in [0.29, 0.717) is 29.2 Å². The molecule has 25 heavy (non-hydrogen) atoms. The van der Waals surface area contributed by atoms with Crippen molar-refractivity contribution in [3.63, 3.8) is 0 Å². The minimum atomic E-state index is -0.824. The van der Waals surface area contributed by atoms with Crippen molar-refractivity contribution in [3.8, 4) is 11.5 Å². The summed E-state index contributed by atoms with van der Waals surface area (Å²) in [5, 5.41) is 11.5. The Kier molecular flexibility index (Phi) is 7.31. The zero-order valence-electron chi connectivity index (χ0n) is 13.8. The summed E-state index contributed by atoms with van der Waals surface area (Å²) in [4.78, 5) is 24.3. The van der Waals surface area contributed by atoms with Gasteiger partial charge in [0.05, 0.1) is 5.56 Å². The fourth-order valence-corrected chi connectivity index (χ4v) is 2.65. The number of nitrogens with one attached hydrogen (secondary N) is 2. The third kappa shape index (κ3) is 5.51. The van der Waals surface area contributed by atoms with Gasteiger partial charge in [-0.1, -0.05) is 30.3 Å². The standard InChI is InChI=1S/C18H20N2O4S/c1-25-12-11-15(18(22)20-23)19-17(21)14-9-5-6-10-16(14)24-13-7-3-2-4-8-13/h2-10,15,23H,11-12H2,1H3,(H,19,21)(H,20,22). The van der Waals surface area contributed by atoms with Gasteiger partial charge in [0, 0.05) is 0 Å². The summed E-state index contributed by atoms with van der Waals surface area (Å²) < 4.78 is 5.77. The molecule has 1 atom stereocenters. The molecule has 2 rings (SSSR count). The van der Waals surface area contributed by atoms with Gasteiger partial charge >= 0.3 is 0 Å². The van der Waals surface area contributed by atoms with E-state index in [9.17, 15) is 9.59 Å². The van der Waals surface area contributed by atoms with Gasteiger partial charge in [0.15, 0.2) is 0 Å².